The Labute approximate surface area is 197 Å². The molecule has 0 radical (unpaired) electrons. The lowest BCUT2D eigenvalue weighted by Gasteiger charge is -2.07. The van der Waals surface area contributed by atoms with Crippen molar-refractivity contribution in [3.05, 3.63) is 94.1 Å². The van der Waals surface area contributed by atoms with Crippen molar-refractivity contribution in [2.24, 2.45) is 0 Å². The van der Waals surface area contributed by atoms with E-state index < -0.39 is 0 Å². The van der Waals surface area contributed by atoms with Crippen LogP contribution < -0.4 is 5.32 Å². The maximum atomic E-state index is 12.6. The van der Waals surface area contributed by atoms with Gasteiger partial charge in [0, 0.05) is 22.4 Å². The zero-order valence-electron chi connectivity index (χ0n) is 16.7. The number of carbonyl (C=O) groups is 1. The minimum Gasteiger partial charge on any atom is -0.322 e. The molecule has 2 aromatic heterocycles. The van der Waals surface area contributed by atoms with E-state index in [4.69, 9.17) is 12.2 Å². The molecule has 0 aliphatic carbocycles. The second kappa shape index (κ2) is 9.07. The molecule has 32 heavy (non-hydrogen) atoms. The van der Waals surface area contributed by atoms with Gasteiger partial charge in [0.05, 0.1) is 17.4 Å². The first-order valence-corrected chi connectivity index (χ1v) is 12.0. The summed E-state index contributed by atoms with van der Waals surface area (Å²) < 4.78 is 3.32. The van der Waals surface area contributed by atoms with Crippen molar-refractivity contribution in [1.82, 2.24) is 20.0 Å². The molecule has 0 bridgehead atoms. The van der Waals surface area contributed by atoms with Gasteiger partial charge in [-0.3, -0.25) is 9.89 Å². The lowest BCUT2D eigenvalue weighted by molar-refractivity contribution is 0.102. The van der Waals surface area contributed by atoms with Crippen LogP contribution in [0, 0.1) is 3.95 Å². The number of rotatable bonds is 6. The number of anilines is 1. The van der Waals surface area contributed by atoms with Gasteiger partial charge >= 0.3 is 0 Å². The third kappa shape index (κ3) is 4.50. The van der Waals surface area contributed by atoms with Gasteiger partial charge in [0.15, 0.2) is 8.29 Å². The van der Waals surface area contributed by atoms with E-state index >= 15 is 0 Å². The number of nitrogens with zero attached hydrogens (tertiary/aromatic N) is 3. The quantitative estimate of drug-likeness (QED) is 0.230. The minimum absolute atomic E-state index is 0.180. The largest absolute Gasteiger partial charge is 0.322 e. The maximum Gasteiger partial charge on any atom is 0.255 e. The van der Waals surface area contributed by atoms with Gasteiger partial charge in [-0.1, -0.05) is 53.4 Å². The summed E-state index contributed by atoms with van der Waals surface area (Å²) in [4.78, 5) is 12.6. The van der Waals surface area contributed by atoms with E-state index in [0.29, 0.717) is 9.52 Å². The van der Waals surface area contributed by atoms with Crippen molar-refractivity contribution in [2.75, 3.05) is 5.32 Å². The fourth-order valence-electron chi connectivity index (χ4n) is 3.18. The molecule has 2 heterocycles. The Morgan fingerprint density at radius 2 is 1.91 bits per heavy atom. The fourth-order valence-corrected chi connectivity index (χ4v) is 5.50. The third-order valence-corrected chi connectivity index (χ3v) is 7.24. The molecular weight excluding hydrogens is 458 g/mol. The van der Waals surface area contributed by atoms with E-state index in [1.54, 1.807) is 34.8 Å². The van der Waals surface area contributed by atoms with Crippen LogP contribution in [0.25, 0.3) is 16.6 Å². The van der Waals surface area contributed by atoms with Crippen molar-refractivity contribution in [2.45, 2.75) is 10.1 Å². The molecule has 3 aromatic carbocycles. The number of thioether (sulfide) groups is 1. The summed E-state index contributed by atoms with van der Waals surface area (Å²) in [5.41, 5.74) is 4.27. The lowest BCUT2D eigenvalue weighted by atomic mass is 10.2. The Balaban J connectivity index is 1.28. The Morgan fingerprint density at radius 3 is 2.72 bits per heavy atom. The van der Waals surface area contributed by atoms with Crippen molar-refractivity contribution < 1.29 is 4.79 Å². The Hall–Kier alpha value is -3.27. The number of hydrogen-bond donors (Lipinski definition) is 2. The van der Waals surface area contributed by atoms with E-state index in [1.807, 2.05) is 48.5 Å². The van der Waals surface area contributed by atoms with Crippen LogP contribution in [0.4, 0.5) is 5.69 Å². The van der Waals surface area contributed by atoms with Gasteiger partial charge in [0.2, 0.25) is 0 Å². The van der Waals surface area contributed by atoms with Gasteiger partial charge in [-0.15, -0.1) is 5.10 Å². The average Bonchev–Trinajstić information content (AvgIpc) is 3.44. The van der Waals surface area contributed by atoms with Gasteiger partial charge < -0.3 is 5.32 Å². The summed E-state index contributed by atoms with van der Waals surface area (Å²) >= 11 is 8.65. The molecule has 0 saturated carbocycles. The van der Waals surface area contributed by atoms with E-state index in [9.17, 15) is 4.79 Å². The van der Waals surface area contributed by atoms with Crippen molar-refractivity contribution in [3.8, 4) is 5.69 Å². The standard InChI is InChI=1S/C23H17N5OS3/c29-21(25-18-8-11-20-17(12-18)13-24-26-20)16-6-9-19(10-7-16)28-23(30)32-22(27-28)31-14-15-4-2-1-3-5-15/h1-13H,14H2,(H,24,26)(H,25,29). The van der Waals surface area contributed by atoms with E-state index in [1.165, 1.54) is 16.9 Å². The smallest absolute Gasteiger partial charge is 0.255 e. The van der Waals surface area contributed by atoms with Crippen molar-refractivity contribution >= 4 is 57.8 Å². The van der Waals surface area contributed by atoms with Crippen LogP contribution in [0.3, 0.4) is 0 Å². The van der Waals surface area contributed by atoms with Crippen LogP contribution in [0.15, 0.2) is 83.3 Å². The monoisotopic (exact) mass is 475 g/mol. The fraction of sp³-hybridized carbons (Fsp3) is 0.0435. The molecule has 0 aliphatic heterocycles. The zero-order chi connectivity index (χ0) is 21.9. The highest BCUT2D eigenvalue weighted by Crippen LogP contribution is 2.27. The summed E-state index contributed by atoms with van der Waals surface area (Å²) in [5.74, 6) is 0.660. The van der Waals surface area contributed by atoms with Crippen LogP contribution >= 0.6 is 35.3 Å². The minimum atomic E-state index is -0.180. The van der Waals surface area contributed by atoms with E-state index in [2.05, 4.69) is 32.7 Å². The van der Waals surface area contributed by atoms with Crippen LogP contribution in [-0.4, -0.2) is 25.9 Å². The SMILES string of the molecule is O=C(Nc1ccc2[nH]ncc2c1)c1ccc(-n2nc(SCc3ccccc3)sc2=S)cc1. The maximum absolute atomic E-state index is 12.6. The predicted octanol–water partition coefficient (Wildman–Crippen LogP) is 6.08. The highest BCUT2D eigenvalue weighted by atomic mass is 32.2. The van der Waals surface area contributed by atoms with Crippen LogP contribution in [-0.2, 0) is 5.75 Å². The summed E-state index contributed by atoms with van der Waals surface area (Å²) in [6.45, 7) is 0. The third-order valence-electron chi connectivity index (χ3n) is 4.81. The number of fused-ring (bicyclic) bond motifs is 1. The highest BCUT2D eigenvalue weighted by molar-refractivity contribution is 8.00. The first kappa shape index (κ1) is 20.6. The molecule has 0 atom stereocenters. The van der Waals surface area contributed by atoms with Crippen molar-refractivity contribution in [3.63, 3.8) is 0 Å². The Kier molecular flexibility index (Phi) is 5.85. The number of H-pyrrole nitrogens is 1. The highest BCUT2D eigenvalue weighted by Gasteiger charge is 2.10. The first-order valence-electron chi connectivity index (χ1n) is 9.77. The molecule has 0 aliphatic rings. The van der Waals surface area contributed by atoms with Gasteiger partial charge in [-0.05, 0) is 60.2 Å². The summed E-state index contributed by atoms with van der Waals surface area (Å²) in [6, 6.07) is 23.1. The van der Waals surface area contributed by atoms with Gasteiger partial charge in [-0.25, -0.2) is 4.68 Å². The van der Waals surface area contributed by atoms with Crippen molar-refractivity contribution in [1.29, 1.82) is 0 Å². The zero-order valence-corrected chi connectivity index (χ0v) is 19.1. The van der Waals surface area contributed by atoms with Crippen LogP contribution in [0.1, 0.15) is 15.9 Å². The topological polar surface area (TPSA) is 75.6 Å². The molecule has 2 N–H and O–H groups in total. The molecule has 6 nitrogen and oxygen atoms in total. The van der Waals surface area contributed by atoms with Gasteiger partial charge in [0.25, 0.3) is 5.91 Å². The number of nitrogens with one attached hydrogen (secondary N) is 2. The molecule has 0 fully saturated rings. The molecule has 158 valence electrons. The molecular formula is C23H17N5OS3. The molecule has 1 amide bonds. The Bertz CT molecular complexity index is 1440. The number of benzene rings is 3. The number of carbonyl (C=O) groups excluding carboxylic acids is 1. The molecule has 0 spiro atoms. The Morgan fingerprint density at radius 1 is 1.09 bits per heavy atom. The molecule has 5 rings (SSSR count). The number of aromatic amines is 1. The summed E-state index contributed by atoms with van der Waals surface area (Å²) in [7, 11) is 0. The van der Waals surface area contributed by atoms with E-state index in [0.717, 1.165) is 32.4 Å². The second-order valence-corrected chi connectivity index (χ2v) is 9.84. The van der Waals surface area contributed by atoms with Gasteiger partial charge in [0.1, 0.15) is 0 Å². The molecule has 0 saturated heterocycles. The molecule has 5 aromatic rings. The average molecular weight is 476 g/mol. The number of amides is 1. The first-order chi connectivity index (χ1) is 15.7. The van der Waals surface area contributed by atoms with Crippen LogP contribution in [0.5, 0.6) is 0 Å². The van der Waals surface area contributed by atoms with E-state index in [-0.39, 0.29) is 5.91 Å². The predicted molar refractivity (Wildman–Crippen MR) is 132 cm³/mol. The normalized spacial score (nSPS) is 11.0. The lowest BCUT2D eigenvalue weighted by Crippen LogP contribution is -2.12. The van der Waals surface area contributed by atoms with Crippen LogP contribution in [0.2, 0.25) is 0 Å². The van der Waals surface area contributed by atoms with Gasteiger partial charge in [-0.2, -0.15) is 5.10 Å². The number of aromatic nitrogens is 4. The molecule has 9 heteroatoms. The second-order valence-electron chi connectivity index (χ2n) is 6.99. The molecule has 0 unspecified atom stereocenters. The summed E-state index contributed by atoms with van der Waals surface area (Å²) in [5, 5.41) is 15.4. The number of hydrogen-bond acceptors (Lipinski definition) is 6. The summed E-state index contributed by atoms with van der Waals surface area (Å²) in [6.07, 6.45) is 1.73.